The highest BCUT2D eigenvalue weighted by Crippen LogP contribution is 2.40. The van der Waals surface area contributed by atoms with Gasteiger partial charge in [0.25, 0.3) is 5.56 Å². The lowest BCUT2D eigenvalue weighted by Crippen LogP contribution is -2.52. The minimum Gasteiger partial charge on any atom is -0.381 e. The summed E-state index contributed by atoms with van der Waals surface area (Å²) < 4.78 is 7.82. The minimum absolute atomic E-state index is 0.291. The lowest BCUT2D eigenvalue weighted by molar-refractivity contribution is 0.0473. The Bertz CT molecular complexity index is 814. The molecule has 5 heterocycles. The molecule has 4 fully saturated rings. The Morgan fingerprint density at radius 2 is 1.93 bits per heavy atom. The third kappa shape index (κ3) is 3.30. The van der Waals surface area contributed by atoms with Gasteiger partial charge in [-0.05, 0) is 69.0 Å². The maximum atomic E-state index is 13.4. The van der Waals surface area contributed by atoms with Crippen molar-refractivity contribution in [2.45, 2.75) is 70.0 Å². The van der Waals surface area contributed by atoms with Crippen molar-refractivity contribution in [1.29, 1.82) is 0 Å². The molecular weight excluding hydrogens is 362 g/mol. The van der Waals surface area contributed by atoms with Crippen LogP contribution >= 0.6 is 0 Å². The molecule has 29 heavy (non-hydrogen) atoms. The Labute approximate surface area is 174 Å². The molecule has 0 unspecified atom stereocenters. The molecule has 2 atom stereocenters. The van der Waals surface area contributed by atoms with Gasteiger partial charge >= 0.3 is 0 Å². The molecule has 0 N–H and O–H groups in total. The third-order valence-corrected chi connectivity index (χ3v) is 8.80. The Kier molecular flexibility index (Phi) is 4.62. The molecule has 0 amide bonds. The lowest BCUT2D eigenvalue weighted by atomic mass is 9.78. The SMILES string of the molecule is O=c1c(CN2CCC3(CCOC3)CC2)ccc2n1C[C@H]1C[C@@H]2CN(C2CCC2)C1. The molecule has 5 aliphatic rings. The van der Waals surface area contributed by atoms with Gasteiger partial charge in [0.05, 0.1) is 6.61 Å². The van der Waals surface area contributed by atoms with Crippen LogP contribution in [0.15, 0.2) is 16.9 Å². The van der Waals surface area contributed by atoms with E-state index in [2.05, 4.69) is 26.5 Å². The van der Waals surface area contributed by atoms with Crippen molar-refractivity contribution in [3.05, 3.63) is 33.7 Å². The van der Waals surface area contributed by atoms with E-state index in [0.717, 1.165) is 57.5 Å². The quantitative estimate of drug-likeness (QED) is 0.786. The zero-order valence-electron chi connectivity index (χ0n) is 17.7. The van der Waals surface area contributed by atoms with Crippen LogP contribution in [0.5, 0.6) is 0 Å². The van der Waals surface area contributed by atoms with E-state index < -0.39 is 0 Å². The number of fused-ring (bicyclic) bond motifs is 4. The number of rotatable bonds is 3. The van der Waals surface area contributed by atoms with E-state index in [1.54, 1.807) is 0 Å². The second-order valence-electron chi connectivity index (χ2n) is 10.6. The summed E-state index contributed by atoms with van der Waals surface area (Å²) in [6.45, 7) is 8.21. The van der Waals surface area contributed by atoms with Gasteiger partial charge in [-0.15, -0.1) is 0 Å². The molecule has 1 aromatic rings. The van der Waals surface area contributed by atoms with Crippen LogP contribution in [0.2, 0.25) is 0 Å². The zero-order valence-corrected chi connectivity index (χ0v) is 17.7. The normalized spacial score (nSPS) is 32.3. The maximum absolute atomic E-state index is 13.4. The molecule has 5 nitrogen and oxygen atoms in total. The third-order valence-electron chi connectivity index (χ3n) is 8.80. The van der Waals surface area contributed by atoms with Gasteiger partial charge < -0.3 is 9.30 Å². The van der Waals surface area contributed by atoms with Gasteiger partial charge in [0, 0.05) is 56.0 Å². The van der Waals surface area contributed by atoms with Gasteiger partial charge in [0.15, 0.2) is 0 Å². The number of pyridine rings is 1. The van der Waals surface area contributed by atoms with E-state index in [-0.39, 0.29) is 0 Å². The monoisotopic (exact) mass is 397 g/mol. The lowest BCUT2D eigenvalue weighted by Gasteiger charge is -2.48. The number of hydrogen-bond acceptors (Lipinski definition) is 4. The number of piperidine rings is 2. The fourth-order valence-corrected chi connectivity index (χ4v) is 6.67. The van der Waals surface area contributed by atoms with E-state index in [9.17, 15) is 4.79 Å². The number of likely N-dealkylation sites (tertiary alicyclic amines) is 2. The minimum atomic E-state index is 0.291. The summed E-state index contributed by atoms with van der Waals surface area (Å²) in [6.07, 6.45) is 9.12. The highest BCUT2D eigenvalue weighted by atomic mass is 16.5. The van der Waals surface area contributed by atoms with Gasteiger partial charge in [-0.25, -0.2) is 0 Å². The smallest absolute Gasteiger partial charge is 0.255 e. The summed E-state index contributed by atoms with van der Waals surface area (Å²) in [4.78, 5) is 18.6. The molecule has 158 valence electrons. The number of nitrogens with zero attached hydrogens (tertiary/aromatic N) is 3. The zero-order chi connectivity index (χ0) is 19.4. The summed E-state index contributed by atoms with van der Waals surface area (Å²) in [5.41, 5.74) is 3.03. The van der Waals surface area contributed by atoms with Gasteiger partial charge in [-0.3, -0.25) is 14.6 Å². The van der Waals surface area contributed by atoms with Crippen molar-refractivity contribution in [2.24, 2.45) is 11.3 Å². The Morgan fingerprint density at radius 3 is 2.66 bits per heavy atom. The molecule has 0 aromatic carbocycles. The molecule has 1 aromatic heterocycles. The van der Waals surface area contributed by atoms with E-state index in [0.29, 0.717) is 22.8 Å². The van der Waals surface area contributed by atoms with E-state index >= 15 is 0 Å². The molecule has 6 rings (SSSR count). The fourth-order valence-electron chi connectivity index (χ4n) is 6.67. The first-order valence-electron chi connectivity index (χ1n) is 12.0. The molecular formula is C24H35N3O2. The predicted octanol–water partition coefficient (Wildman–Crippen LogP) is 2.82. The van der Waals surface area contributed by atoms with E-state index in [4.69, 9.17) is 4.74 Å². The van der Waals surface area contributed by atoms with Crippen LogP contribution in [0.4, 0.5) is 0 Å². The van der Waals surface area contributed by atoms with Crippen LogP contribution in [0, 0.1) is 11.3 Å². The Hall–Kier alpha value is -1.17. The number of ether oxygens (including phenoxy) is 1. The first-order valence-corrected chi connectivity index (χ1v) is 12.0. The summed E-state index contributed by atoms with van der Waals surface area (Å²) >= 11 is 0. The van der Waals surface area contributed by atoms with Gasteiger partial charge in [-0.2, -0.15) is 0 Å². The molecule has 0 radical (unpaired) electrons. The summed E-state index contributed by atoms with van der Waals surface area (Å²) in [5, 5.41) is 0. The number of hydrogen-bond donors (Lipinski definition) is 0. The number of aromatic nitrogens is 1. The van der Waals surface area contributed by atoms with E-state index in [1.807, 2.05) is 0 Å². The summed E-state index contributed by atoms with van der Waals surface area (Å²) in [6, 6.07) is 5.27. The van der Waals surface area contributed by atoms with Crippen molar-refractivity contribution in [3.8, 4) is 0 Å². The van der Waals surface area contributed by atoms with Gasteiger partial charge in [0.2, 0.25) is 0 Å². The van der Waals surface area contributed by atoms with Crippen LogP contribution in [-0.2, 0) is 17.8 Å². The average molecular weight is 398 g/mol. The first kappa shape index (κ1) is 18.6. The standard InChI is InChI=1S/C24H35N3O2/c28-23-19(15-25-9-6-24(7-10-25)8-11-29-17-24)4-5-22-20-12-18(14-27(22)23)13-26(16-20)21-2-1-3-21/h4-5,18,20-21H,1-3,6-17H2/t18-,20+/m0/s1. The second-order valence-corrected chi connectivity index (χ2v) is 10.6. The topological polar surface area (TPSA) is 37.7 Å². The predicted molar refractivity (Wildman–Crippen MR) is 113 cm³/mol. The Balaban J connectivity index is 1.17. The van der Waals surface area contributed by atoms with Gasteiger partial charge in [-0.1, -0.05) is 12.5 Å². The highest BCUT2D eigenvalue weighted by molar-refractivity contribution is 5.22. The molecule has 2 bridgehead atoms. The molecule has 4 aliphatic heterocycles. The molecule has 5 heteroatoms. The van der Waals surface area contributed by atoms with Gasteiger partial charge in [0.1, 0.15) is 0 Å². The van der Waals surface area contributed by atoms with Crippen LogP contribution in [0.1, 0.15) is 62.1 Å². The van der Waals surface area contributed by atoms with Crippen molar-refractivity contribution >= 4 is 0 Å². The molecule has 1 aliphatic carbocycles. The van der Waals surface area contributed by atoms with Crippen molar-refractivity contribution in [1.82, 2.24) is 14.4 Å². The fraction of sp³-hybridized carbons (Fsp3) is 0.792. The molecule has 1 saturated carbocycles. The first-order chi connectivity index (χ1) is 14.2. The van der Waals surface area contributed by atoms with Crippen LogP contribution < -0.4 is 5.56 Å². The molecule has 3 saturated heterocycles. The van der Waals surface area contributed by atoms with E-state index in [1.165, 1.54) is 57.2 Å². The average Bonchev–Trinajstić information content (AvgIpc) is 3.13. The molecule has 1 spiro atoms. The summed E-state index contributed by atoms with van der Waals surface area (Å²) in [7, 11) is 0. The van der Waals surface area contributed by atoms with Crippen molar-refractivity contribution < 1.29 is 4.74 Å². The van der Waals surface area contributed by atoms with Crippen LogP contribution in [0.3, 0.4) is 0 Å². The second kappa shape index (κ2) is 7.21. The van der Waals surface area contributed by atoms with Crippen LogP contribution in [-0.4, -0.2) is 59.8 Å². The van der Waals surface area contributed by atoms with Crippen molar-refractivity contribution in [2.75, 3.05) is 39.4 Å². The Morgan fingerprint density at radius 1 is 1.07 bits per heavy atom. The highest BCUT2D eigenvalue weighted by Gasteiger charge is 2.40. The largest absolute Gasteiger partial charge is 0.381 e. The summed E-state index contributed by atoms with van der Waals surface area (Å²) in [5.74, 6) is 1.22. The maximum Gasteiger partial charge on any atom is 0.255 e. The van der Waals surface area contributed by atoms with Crippen LogP contribution in [0.25, 0.3) is 0 Å². The van der Waals surface area contributed by atoms with Crippen molar-refractivity contribution in [3.63, 3.8) is 0 Å².